The number of amides is 4. The highest BCUT2D eigenvalue weighted by molar-refractivity contribution is 6.25. The molecule has 7 atom stereocenters. The zero-order chi connectivity index (χ0) is 30.6. The van der Waals surface area contributed by atoms with Crippen molar-refractivity contribution in [2.24, 2.45) is 41.4 Å². The molecule has 2 bridgehead atoms. The highest BCUT2D eigenvalue weighted by Crippen LogP contribution is 2.63. The monoisotopic (exact) mass is 582 g/mol. The van der Waals surface area contributed by atoms with Crippen LogP contribution in [0.4, 0.5) is 11.4 Å². The average molecular weight is 583 g/mol. The molecule has 6 nitrogen and oxygen atoms in total. The number of rotatable bonds is 3. The number of benzene rings is 3. The number of hydrogen-bond acceptors (Lipinski definition) is 4. The summed E-state index contributed by atoms with van der Waals surface area (Å²) in [5.74, 6) is -3.93. The number of carbonyl (C=O) groups excluding carboxylic acids is 4. The minimum atomic E-state index is -0.582. The van der Waals surface area contributed by atoms with Gasteiger partial charge in [-0.25, -0.2) is 9.80 Å². The Hall–Kier alpha value is -4.58. The van der Waals surface area contributed by atoms with Crippen LogP contribution in [-0.4, -0.2) is 23.6 Å². The topological polar surface area (TPSA) is 74.8 Å². The van der Waals surface area contributed by atoms with Gasteiger partial charge in [0, 0.05) is 11.8 Å². The molecule has 3 aromatic carbocycles. The molecule has 6 aliphatic rings. The summed E-state index contributed by atoms with van der Waals surface area (Å²) in [6.45, 7) is 7.87. The third kappa shape index (κ3) is 3.42. The summed E-state index contributed by atoms with van der Waals surface area (Å²) in [7, 11) is 0. The van der Waals surface area contributed by atoms with Crippen molar-refractivity contribution in [1.29, 1.82) is 0 Å². The Morgan fingerprint density at radius 1 is 0.568 bits per heavy atom. The normalized spacial score (nSPS) is 30.3. The maximum absolute atomic E-state index is 14.5. The summed E-state index contributed by atoms with van der Waals surface area (Å²) >= 11 is 0. The molecule has 7 unspecified atom stereocenters. The zero-order valence-corrected chi connectivity index (χ0v) is 25.3. The minimum absolute atomic E-state index is 0.167. The summed E-state index contributed by atoms with van der Waals surface area (Å²) in [5.41, 5.74) is 8.27. The lowest BCUT2D eigenvalue weighted by molar-refractivity contribution is -0.129. The van der Waals surface area contributed by atoms with E-state index in [1.807, 2.05) is 82.3 Å². The second-order valence-corrected chi connectivity index (χ2v) is 13.2. The van der Waals surface area contributed by atoms with Crippen molar-refractivity contribution in [3.63, 3.8) is 0 Å². The standard InChI is InChI=1S/C38H34N2O4/c1-19-10-8-14-28(21(19)3)39-35(41)27-18-26(23-12-6-5-7-13-23)30-24-16-17-25(31(30)34(27)38(39)44)33-32(24)36(42)40(37(33)43)29-15-9-11-20(2)22(29)4/h5-17,24-25,27,31-34H,18H2,1-4H3. The SMILES string of the molecule is Cc1cccc(N2C(=O)C3CC(c4ccccc4)=C4C5C=CC(C6C(=O)N(c7cccc(C)c7C)C(=O)C56)C4C3C2=O)c1C. The fourth-order valence-corrected chi connectivity index (χ4v) is 8.95. The molecular weight excluding hydrogens is 548 g/mol. The van der Waals surface area contributed by atoms with Gasteiger partial charge in [-0.3, -0.25) is 19.2 Å². The van der Waals surface area contributed by atoms with Crippen molar-refractivity contribution in [2.45, 2.75) is 34.1 Å². The number of hydrogen-bond donors (Lipinski definition) is 0. The molecule has 0 spiro atoms. The van der Waals surface area contributed by atoms with E-state index in [1.165, 1.54) is 9.80 Å². The van der Waals surface area contributed by atoms with Gasteiger partial charge >= 0.3 is 0 Å². The molecule has 6 heteroatoms. The quantitative estimate of drug-likeness (QED) is 0.276. The number of carbonyl (C=O) groups is 4. The second-order valence-electron chi connectivity index (χ2n) is 13.2. The molecule has 3 fully saturated rings. The average Bonchev–Trinajstić information content (AvgIpc) is 3.45. The first-order valence-corrected chi connectivity index (χ1v) is 15.6. The maximum Gasteiger partial charge on any atom is 0.238 e. The Balaban J connectivity index is 1.30. The summed E-state index contributed by atoms with van der Waals surface area (Å²) < 4.78 is 0. The molecule has 4 amide bonds. The Kier molecular flexibility index (Phi) is 5.80. The number of aryl methyl sites for hydroxylation is 2. The van der Waals surface area contributed by atoms with E-state index in [9.17, 15) is 19.2 Å². The van der Waals surface area contributed by atoms with Crippen LogP contribution in [0.2, 0.25) is 0 Å². The molecule has 44 heavy (non-hydrogen) atoms. The molecule has 0 N–H and O–H groups in total. The van der Waals surface area contributed by atoms with Gasteiger partial charge in [-0.1, -0.05) is 72.3 Å². The van der Waals surface area contributed by atoms with E-state index >= 15 is 0 Å². The van der Waals surface area contributed by atoms with Gasteiger partial charge in [0.2, 0.25) is 23.6 Å². The van der Waals surface area contributed by atoms with Crippen molar-refractivity contribution >= 4 is 40.6 Å². The van der Waals surface area contributed by atoms with Gasteiger partial charge in [-0.15, -0.1) is 0 Å². The van der Waals surface area contributed by atoms with E-state index in [0.29, 0.717) is 17.8 Å². The van der Waals surface area contributed by atoms with Gasteiger partial charge in [-0.2, -0.15) is 0 Å². The molecular formula is C38H34N2O4. The van der Waals surface area contributed by atoms with Gasteiger partial charge in [0.05, 0.1) is 35.0 Å². The van der Waals surface area contributed by atoms with Crippen molar-refractivity contribution in [2.75, 3.05) is 9.80 Å². The molecule has 220 valence electrons. The van der Waals surface area contributed by atoms with Gasteiger partial charge in [0.25, 0.3) is 0 Å². The van der Waals surface area contributed by atoms with Crippen LogP contribution >= 0.6 is 0 Å². The van der Waals surface area contributed by atoms with Crippen LogP contribution in [-0.2, 0) is 19.2 Å². The van der Waals surface area contributed by atoms with Crippen molar-refractivity contribution in [3.05, 3.63) is 112 Å². The first kappa shape index (κ1) is 27.0. The molecule has 4 aliphatic carbocycles. The van der Waals surface area contributed by atoms with E-state index in [2.05, 4.69) is 24.3 Å². The molecule has 1 saturated carbocycles. The van der Waals surface area contributed by atoms with Crippen LogP contribution in [0, 0.1) is 69.1 Å². The van der Waals surface area contributed by atoms with E-state index < -0.39 is 23.7 Å². The predicted molar refractivity (Wildman–Crippen MR) is 168 cm³/mol. The predicted octanol–water partition coefficient (Wildman–Crippen LogP) is 6.12. The lowest BCUT2D eigenvalue weighted by Crippen LogP contribution is -2.51. The van der Waals surface area contributed by atoms with Gasteiger partial charge in [0.1, 0.15) is 0 Å². The zero-order valence-electron chi connectivity index (χ0n) is 25.3. The van der Waals surface area contributed by atoms with Crippen LogP contribution in [0.25, 0.3) is 5.57 Å². The largest absolute Gasteiger partial charge is 0.274 e. The molecule has 0 radical (unpaired) electrons. The van der Waals surface area contributed by atoms with E-state index in [0.717, 1.165) is 39.0 Å². The third-order valence-corrected chi connectivity index (χ3v) is 11.3. The summed E-state index contributed by atoms with van der Waals surface area (Å²) in [4.78, 5) is 60.2. The fourth-order valence-electron chi connectivity index (χ4n) is 8.95. The van der Waals surface area contributed by atoms with Crippen LogP contribution < -0.4 is 9.80 Å². The molecule has 9 rings (SSSR count). The number of fused-ring (bicyclic) bond motifs is 1. The van der Waals surface area contributed by atoms with Crippen molar-refractivity contribution < 1.29 is 19.2 Å². The second kappa shape index (κ2) is 9.46. The number of anilines is 2. The van der Waals surface area contributed by atoms with Gasteiger partial charge in [0.15, 0.2) is 0 Å². The smallest absolute Gasteiger partial charge is 0.238 e. The van der Waals surface area contributed by atoms with Crippen LogP contribution in [0.5, 0.6) is 0 Å². The van der Waals surface area contributed by atoms with Crippen molar-refractivity contribution in [1.82, 2.24) is 0 Å². The molecule has 0 aromatic heterocycles. The number of nitrogens with zero attached hydrogens (tertiary/aromatic N) is 2. The molecule has 2 saturated heterocycles. The summed E-state index contributed by atoms with van der Waals surface area (Å²) in [5, 5.41) is 0. The Bertz CT molecular complexity index is 1870. The Morgan fingerprint density at radius 3 is 1.77 bits per heavy atom. The van der Waals surface area contributed by atoms with Gasteiger partial charge in [-0.05, 0) is 85.6 Å². The number of allylic oxidation sites excluding steroid dienone is 4. The van der Waals surface area contributed by atoms with Crippen LogP contribution in [0.1, 0.15) is 34.2 Å². The lowest BCUT2D eigenvalue weighted by Gasteiger charge is -2.51. The Labute approximate surface area is 257 Å². The van der Waals surface area contributed by atoms with E-state index in [4.69, 9.17) is 0 Å². The number of imide groups is 2. The maximum atomic E-state index is 14.5. The third-order valence-electron chi connectivity index (χ3n) is 11.3. The highest BCUT2D eigenvalue weighted by atomic mass is 16.2. The molecule has 2 aliphatic heterocycles. The van der Waals surface area contributed by atoms with E-state index in [1.54, 1.807) is 0 Å². The first-order chi connectivity index (χ1) is 21.2. The molecule has 3 aromatic rings. The minimum Gasteiger partial charge on any atom is -0.274 e. The van der Waals surface area contributed by atoms with Gasteiger partial charge < -0.3 is 0 Å². The molecule has 2 heterocycles. The van der Waals surface area contributed by atoms with Crippen molar-refractivity contribution in [3.8, 4) is 0 Å². The highest BCUT2D eigenvalue weighted by Gasteiger charge is 2.67. The fraction of sp³-hybridized carbons (Fsp3) is 0.316. The lowest BCUT2D eigenvalue weighted by atomic mass is 9.49. The first-order valence-electron chi connectivity index (χ1n) is 15.6. The summed E-state index contributed by atoms with van der Waals surface area (Å²) in [6.07, 6.45) is 4.60. The summed E-state index contributed by atoms with van der Waals surface area (Å²) in [6, 6.07) is 21.5. The Morgan fingerprint density at radius 2 is 1.14 bits per heavy atom. The van der Waals surface area contributed by atoms with E-state index in [-0.39, 0.29) is 41.4 Å². The van der Waals surface area contributed by atoms with Crippen LogP contribution in [0.3, 0.4) is 0 Å². The van der Waals surface area contributed by atoms with Crippen LogP contribution in [0.15, 0.2) is 84.5 Å².